The van der Waals surface area contributed by atoms with Gasteiger partial charge in [-0.1, -0.05) is 23.4 Å². The lowest BCUT2D eigenvalue weighted by Gasteiger charge is -2.16. The first-order valence-electron chi connectivity index (χ1n) is 8.50. The molecule has 6 nitrogen and oxygen atoms in total. The van der Waals surface area contributed by atoms with E-state index in [0.717, 1.165) is 43.8 Å². The highest BCUT2D eigenvalue weighted by Gasteiger charge is 2.33. The van der Waals surface area contributed by atoms with Gasteiger partial charge in [0.15, 0.2) is 5.82 Å². The van der Waals surface area contributed by atoms with Crippen molar-refractivity contribution in [1.29, 1.82) is 0 Å². The lowest BCUT2D eigenvalue weighted by Crippen LogP contribution is -2.28. The van der Waals surface area contributed by atoms with Crippen LogP contribution in [0.1, 0.15) is 43.3 Å². The highest BCUT2D eigenvalue weighted by molar-refractivity contribution is 7.89. The van der Waals surface area contributed by atoms with Gasteiger partial charge in [-0.25, -0.2) is 8.42 Å². The van der Waals surface area contributed by atoms with Gasteiger partial charge in [-0.05, 0) is 43.7 Å². The monoisotopic (exact) mass is 347 g/mol. The van der Waals surface area contributed by atoms with E-state index >= 15 is 0 Å². The van der Waals surface area contributed by atoms with Crippen LogP contribution < -0.4 is 0 Å². The Morgan fingerprint density at radius 3 is 2.71 bits per heavy atom. The number of rotatable bonds is 6. The maximum Gasteiger partial charge on any atom is 0.243 e. The highest BCUT2D eigenvalue weighted by Crippen LogP contribution is 2.39. The summed E-state index contributed by atoms with van der Waals surface area (Å²) in [7, 11) is -3.37. The third kappa shape index (κ3) is 3.23. The Labute approximate surface area is 141 Å². The maximum atomic E-state index is 12.6. The topological polar surface area (TPSA) is 76.3 Å². The fraction of sp³-hybridized carbons (Fsp3) is 0.529. The fourth-order valence-corrected chi connectivity index (χ4v) is 4.74. The maximum absolute atomic E-state index is 12.6. The van der Waals surface area contributed by atoms with Crippen molar-refractivity contribution < 1.29 is 12.9 Å². The van der Waals surface area contributed by atoms with Gasteiger partial charge in [0, 0.05) is 25.4 Å². The Balaban J connectivity index is 1.34. The Bertz CT molecular complexity index is 799. The van der Waals surface area contributed by atoms with Crippen molar-refractivity contribution in [3.05, 3.63) is 42.0 Å². The molecule has 4 rings (SSSR count). The molecule has 128 valence electrons. The zero-order valence-electron chi connectivity index (χ0n) is 13.5. The molecule has 1 atom stereocenters. The van der Waals surface area contributed by atoms with E-state index in [1.807, 2.05) is 6.07 Å². The smallest absolute Gasteiger partial charge is 0.243 e. The van der Waals surface area contributed by atoms with Crippen LogP contribution in [0.3, 0.4) is 0 Å². The third-order valence-electron chi connectivity index (χ3n) is 4.82. The molecule has 2 aromatic rings. The lowest BCUT2D eigenvalue weighted by molar-refractivity contribution is 0.371. The normalized spacial score (nSPS) is 22.1. The zero-order chi connectivity index (χ0) is 16.6. The molecule has 1 unspecified atom stereocenters. The molecule has 1 aliphatic heterocycles. The van der Waals surface area contributed by atoms with Gasteiger partial charge in [-0.3, -0.25) is 0 Å². The summed E-state index contributed by atoms with van der Waals surface area (Å²) < 4.78 is 32.1. The molecule has 0 spiro atoms. The molecule has 2 fully saturated rings. The van der Waals surface area contributed by atoms with E-state index in [4.69, 9.17) is 4.52 Å². The van der Waals surface area contributed by atoms with Crippen molar-refractivity contribution >= 4 is 10.0 Å². The third-order valence-corrected chi connectivity index (χ3v) is 6.70. The first-order valence-corrected chi connectivity index (χ1v) is 9.94. The molecule has 2 heterocycles. The standard InChI is InChI=1S/C17H21N3O3S/c21-24(22,15-4-2-1-3-5-15)20-11-10-13(12-20)6-9-16-18-17(23-19-16)14-7-8-14/h1-5,13-14H,6-12H2. The van der Waals surface area contributed by atoms with Crippen molar-refractivity contribution in [3.63, 3.8) is 0 Å². The number of nitrogens with zero attached hydrogens (tertiary/aromatic N) is 3. The van der Waals surface area contributed by atoms with Crippen LogP contribution in [-0.2, 0) is 16.4 Å². The molecule has 24 heavy (non-hydrogen) atoms. The molecule has 0 bridgehead atoms. The van der Waals surface area contributed by atoms with Gasteiger partial charge in [0.05, 0.1) is 4.90 Å². The van der Waals surface area contributed by atoms with E-state index in [9.17, 15) is 8.42 Å². The van der Waals surface area contributed by atoms with E-state index in [1.165, 1.54) is 0 Å². The van der Waals surface area contributed by atoms with Crippen molar-refractivity contribution in [2.45, 2.75) is 42.9 Å². The highest BCUT2D eigenvalue weighted by atomic mass is 32.2. The minimum atomic E-state index is -3.37. The van der Waals surface area contributed by atoms with Gasteiger partial charge in [0.1, 0.15) is 0 Å². The predicted octanol–water partition coefficient (Wildman–Crippen LogP) is 2.59. The summed E-state index contributed by atoms with van der Waals surface area (Å²) in [6.07, 6.45) is 4.83. The molecule has 0 amide bonds. The van der Waals surface area contributed by atoms with Crippen LogP contribution >= 0.6 is 0 Å². The Hall–Kier alpha value is -1.73. The fourth-order valence-electron chi connectivity index (χ4n) is 3.19. The summed E-state index contributed by atoms with van der Waals surface area (Å²) in [6, 6.07) is 8.65. The summed E-state index contributed by atoms with van der Waals surface area (Å²) in [4.78, 5) is 4.81. The zero-order valence-corrected chi connectivity index (χ0v) is 14.3. The number of aromatic nitrogens is 2. The van der Waals surface area contributed by atoms with E-state index in [2.05, 4.69) is 10.1 Å². The molecule has 0 radical (unpaired) electrons. The molecular weight excluding hydrogens is 326 g/mol. The average Bonchev–Trinajstić information content (AvgIpc) is 3.15. The Morgan fingerprint density at radius 2 is 1.96 bits per heavy atom. The van der Waals surface area contributed by atoms with E-state index in [1.54, 1.807) is 28.6 Å². The largest absolute Gasteiger partial charge is 0.339 e. The van der Waals surface area contributed by atoms with Gasteiger partial charge in [-0.15, -0.1) is 0 Å². The number of benzene rings is 1. The molecular formula is C17H21N3O3S. The summed E-state index contributed by atoms with van der Waals surface area (Å²) in [6.45, 7) is 1.16. The first kappa shape index (κ1) is 15.8. The summed E-state index contributed by atoms with van der Waals surface area (Å²) >= 11 is 0. The van der Waals surface area contributed by atoms with Gasteiger partial charge in [0.25, 0.3) is 0 Å². The molecule has 1 saturated carbocycles. The van der Waals surface area contributed by atoms with Crippen LogP contribution in [0.15, 0.2) is 39.8 Å². The second-order valence-electron chi connectivity index (χ2n) is 6.69. The minimum absolute atomic E-state index is 0.353. The van der Waals surface area contributed by atoms with Crippen LogP contribution in [0, 0.1) is 5.92 Å². The minimum Gasteiger partial charge on any atom is -0.339 e. The summed E-state index contributed by atoms with van der Waals surface area (Å²) in [5, 5.41) is 4.04. The molecule has 7 heteroatoms. The van der Waals surface area contributed by atoms with Gasteiger partial charge >= 0.3 is 0 Å². The van der Waals surface area contributed by atoms with E-state index < -0.39 is 10.0 Å². The van der Waals surface area contributed by atoms with Crippen LogP contribution in [-0.4, -0.2) is 36.0 Å². The van der Waals surface area contributed by atoms with E-state index in [-0.39, 0.29) is 0 Å². The van der Waals surface area contributed by atoms with Crippen molar-refractivity contribution in [2.24, 2.45) is 5.92 Å². The van der Waals surface area contributed by atoms with Crippen LogP contribution in [0.4, 0.5) is 0 Å². The van der Waals surface area contributed by atoms with Crippen LogP contribution in [0.5, 0.6) is 0 Å². The quantitative estimate of drug-likeness (QED) is 0.803. The lowest BCUT2D eigenvalue weighted by atomic mass is 10.0. The molecule has 1 aliphatic carbocycles. The van der Waals surface area contributed by atoms with Crippen molar-refractivity contribution in [3.8, 4) is 0 Å². The average molecular weight is 347 g/mol. The van der Waals surface area contributed by atoms with Crippen molar-refractivity contribution in [1.82, 2.24) is 14.4 Å². The Morgan fingerprint density at radius 1 is 1.17 bits per heavy atom. The molecule has 1 saturated heterocycles. The first-order chi connectivity index (χ1) is 11.6. The van der Waals surface area contributed by atoms with Gasteiger partial charge in [0.2, 0.25) is 15.9 Å². The van der Waals surface area contributed by atoms with Crippen LogP contribution in [0.2, 0.25) is 0 Å². The van der Waals surface area contributed by atoms with Crippen LogP contribution in [0.25, 0.3) is 0 Å². The van der Waals surface area contributed by atoms with Crippen molar-refractivity contribution in [2.75, 3.05) is 13.1 Å². The Kier molecular flexibility index (Phi) is 4.14. The molecule has 0 N–H and O–H groups in total. The van der Waals surface area contributed by atoms with Gasteiger partial charge < -0.3 is 4.52 Å². The molecule has 1 aromatic heterocycles. The number of hydrogen-bond acceptors (Lipinski definition) is 5. The second kappa shape index (κ2) is 6.29. The summed E-state index contributed by atoms with van der Waals surface area (Å²) in [5.74, 6) is 2.35. The second-order valence-corrected chi connectivity index (χ2v) is 8.63. The SMILES string of the molecule is O=S(=O)(c1ccccc1)N1CCC(CCc2noc(C3CC3)n2)C1. The predicted molar refractivity (Wildman–Crippen MR) is 87.9 cm³/mol. The number of aryl methyl sites for hydroxylation is 1. The number of sulfonamides is 1. The molecule has 2 aliphatic rings. The van der Waals surface area contributed by atoms with E-state index in [0.29, 0.717) is 29.8 Å². The summed E-state index contributed by atoms with van der Waals surface area (Å²) in [5.41, 5.74) is 0. The number of hydrogen-bond donors (Lipinski definition) is 0. The molecule has 1 aromatic carbocycles. The van der Waals surface area contributed by atoms with Gasteiger partial charge in [-0.2, -0.15) is 9.29 Å².